The number of rotatable bonds is 17. The molecule has 2 aliphatic rings. The molecule has 0 atom stereocenters. The minimum absolute atomic E-state index is 0.482. The molecular weight excluding hydrogens is 392 g/mol. The third kappa shape index (κ3) is 8.25. The fourth-order valence-corrected chi connectivity index (χ4v) is 7.05. The van der Waals surface area contributed by atoms with Crippen LogP contribution in [0.4, 0.5) is 0 Å². The maximum atomic E-state index is 3.78. The van der Waals surface area contributed by atoms with E-state index in [0.717, 1.165) is 0 Å². The van der Waals surface area contributed by atoms with Crippen LogP contribution in [0.3, 0.4) is 0 Å². The van der Waals surface area contributed by atoms with Crippen LogP contribution in [-0.4, -0.2) is 73.2 Å². The van der Waals surface area contributed by atoms with Crippen LogP contribution in [0.15, 0.2) is 0 Å². The van der Waals surface area contributed by atoms with Gasteiger partial charge in [-0.2, -0.15) is 0 Å². The normalized spacial score (nSPS) is 20.8. The molecule has 2 aliphatic carbocycles. The van der Waals surface area contributed by atoms with Crippen LogP contribution in [0.25, 0.3) is 0 Å². The van der Waals surface area contributed by atoms with E-state index >= 15 is 0 Å². The summed E-state index contributed by atoms with van der Waals surface area (Å²) < 4.78 is 0. The van der Waals surface area contributed by atoms with Crippen molar-refractivity contribution in [2.24, 2.45) is 0 Å². The van der Waals surface area contributed by atoms with Crippen molar-refractivity contribution in [2.75, 3.05) is 52.4 Å². The fraction of sp³-hybridized carbons (Fsp3) is 1.00. The van der Waals surface area contributed by atoms with E-state index in [1.54, 1.807) is 0 Å². The maximum absolute atomic E-state index is 3.78. The van der Waals surface area contributed by atoms with Gasteiger partial charge in [0.15, 0.2) is 0 Å². The molecular formula is C28H58N4. The Labute approximate surface area is 201 Å². The molecule has 4 heteroatoms. The summed E-state index contributed by atoms with van der Waals surface area (Å²) in [5.74, 6) is 0. The third-order valence-corrected chi connectivity index (χ3v) is 8.93. The Bertz CT molecular complexity index is 404. The second-order valence-electron chi connectivity index (χ2n) is 10.6. The minimum Gasteiger partial charge on any atom is -0.317 e. The molecule has 0 saturated heterocycles. The summed E-state index contributed by atoms with van der Waals surface area (Å²) in [7, 11) is 0. The highest BCUT2D eigenvalue weighted by Gasteiger charge is 2.36. The molecule has 2 saturated carbocycles. The predicted octanol–water partition coefficient (Wildman–Crippen LogP) is 5.82. The van der Waals surface area contributed by atoms with E-state index in [1.807, 2.05) is 0 Å². The molecule has 0 aromatic rings. The average Bonchev–Trinajstić information content (AvgIpc) is 2.83. The molecule has 0 radical (unpaired) electrons. The Morgan fingerprint density at radius 2 is 0.844 bits per heavy atom. The van der Waals surface area contributed by atoms with E-state index in [1.165, 1.54) is 142 Å². The van der Waals surface area contributed by atoms with Gasteiger partial charge in [0.25, 0.3) is 0 Å². The summed E-state index contributed by atoms with van der Waals surface area (Å²) in [5.41, 5.74) is 0.965. The van der Waals surface area contributed by atoms with Crippen molar-refractivity contribution in [3.8, 4) is 0 Å². The van der Waals surface area contributed by atoms with Crippen molar-refractivity contribution in [3.05, 3.63) is 0 Å². The minimum atomic E-state index is 0.482. The van der Waals surface area contributed by atoms with Crippen molar-refractivity contribution in [2.45, 2.75) is 129 Å². The molecule has 0 heterocycles. The van der Waals surface area contributed by atoms with E-state index in [9.17, 15) is 0 Å². The van der Waals surface area contributed by atoms with Crippen LogP contribution < -0.4 is 10.6 Å². The Morgan fingerprint density at radius 3 is 1.16 bits per heavy atom. The van der Waals surface area contributed by atoms with Gasteiger partial charge in [-0.05, 0) is 104 Å². The van der Waals surface area contributed by atoms with Crippen molar-refractivity contribution >= 4 is 0 Å². The smallest absolute Gasteiger partial charge is 0.0221 e. The zero-order chi connectivity index (χ0) is 23.1. The van der Waals surface area contributed by atoms with Gasteiger partial charge in [0.05, 0.1) is 0 Å². The Balaban J connectivity index is 1.57. The molecule has 4 nitrogen and oxygen atoms in total. The Kier molecular flexibility index (Phi) is 13.8. The molecule has 0 aromatic heterocycles. The number of hydrogen-bond acceptors (Lipinski definition) is 4. The van der Waals surface area contributed by atoms with Gasteiger partial charge in [-0.1, -0.05) is 66.2 Å². The third-order valence-electron chi connectivity index (χ3n) is 8.93. The lowest BCUT2D eigenvalue weighted by Gasteiger charge is -2.46. The average molecular weight is 451 g/mol. The van der Waals surface area contributed by atoms with Crippen LogP contribution in [0.2, 0.25) is 0 Å². The second-order valence-corrected chi connectivity index (χ2v) is 10.6. The maximum Gasteiger partial charge on any atom is 0.0221 e. The molecule has 0 spiro atoms. The first kappa shape index (κ1) is 28.1. The van der Waals surface area contributed by atoms with Gasteiger partial charge in [0.1, 0.15) is 0 Å². The van der Waals surface area contributed by atoms with Gasteiger partial charge in [0.2, 0.25) is 0 Å². The summed E-state index contributed by atoms with van der Waals surface area (Å²) in [4.78, 5) is 5.52. The summed E-state index contributed by atoms with van der Waals surface area (Å²) in [5, 5.41) is 7.56. The highest BCUT2D eigenvalue weighted by molar-refractivity contribution is 4.94. The number of hydrogen-bond donors (Lipinski definition) is 2. The first-order chi connectivity index (χ1) is 15.7. The van der Waals surface area contributed by atoms with Crippen molar-refractivity contribution < 1.29 is 0 Å². The van der Waals surface area contributed by atoms with Gasteiger partial charge < -0.3 is 10.6 Å². The van der Waals surface area contributed by atoms with Gasteiger partial charge in [-0.3, -0.25) is 9.80 Å². The van der Waals surface area contributed by atoms with E-state index in [0.29, 0.717) is 11.1 Å². The first-order valence-electron chi connectivity index (χ1n) is 14.6. The summed E-state index contributed by atoms with van der Waals surface area (Å²) in [6.45, 7) is 18.9. The van der Waals surface area contributed by atoms with E-state index < -0.39 is 0 Å². The van der Waals surface area contributed by atoms with Crippen LogP contribution >= 0.6 is 0 Å². The van der Waals surface area contributed by atoms with E-state index in [2.05, 4.69) is 48.1 Å². The van der Waals surface area contributed by atoms with Gasteiger partial charge in [-0.15, -0.1) is 0 Å². The summed E-state index contributed by atoms with van der Waals surface area (Å²) in [6, 6.07) is 0. The topological polar surface area (TPSA) is 30.5 Å². The van der Waals surface area contributed by atoms with Crippen LogP contribution in [0.1, 0.15) is 118 Å². The largest absolute Gasteiger partial charge is 0.317 e. The lowest BCUT2D eigenvalue weighted by atomic mass is 9.77. The number of nitrogens with zero attached hydrogens (tertiary/aromatic N) is 2. The molecule has 0 bridgehead atoms. The molecule has 190 valence electrons. The first-order valence-corrected chi connectivity index (χ1v) is 14.6. The monoisotopic (exact) mass is 450 g/mol. The number of unbranched alkanes of at least 4 members (excludes halogenated alkanes) is 1. The highest BCUT2D eigenvalue weighted by Crippen LogP contribution is 2.37. The van der Waals surface area contributed by atoms with Gasteiger partial charge in [0, 0.05) is 11.1 Å². The molecule has 0 aliphatic heterocycles. The summed E-state index contributed by atoms with van der Waals surface area (Å²) >= 11 is 0. The quantitative estimate of drug-likeness (QED) is 0.274. The Morgan fingerprint density at radius 1 is 0.500 bits per heavy atom. The second kappa shape index (κ2) is 15.7. The standard InChI is InChI=1S/C28H58N4/c1-5-31(6-2)27(17-11-9-12-18-27)21-25-29-23-15-16-24-30-26-22-28(32(7-3)8-4)19-13-10-14-20-28/h29-30H,5-26H2,1-4H3. The molecule has 2 rings (SSSR count). The lowest BCUT2D eigenvalue weighted by Crippen LogP contribution is -2.51. The highest BCUT2D eigenvalue weighted by atomic mass is 15.2. The van der Waals surface area contributed by atoms with E-state index in [4.69, 9.17) is 0 Å². The van der Waals surface area contributed by atoms with Gasteiger partial charge in [-0.25, -0.2) is 0 Å². The van der Waals surface area contributed by atoms with Gasteiger partial charge >= 0.3 is 0 Å². The zero-order valence-corrected chi connectivity index (χ0v) is 22.5. The van der Waals surface area contributed by atoms with Crippen molar-refractivity contribution in [1.29, 1.82) is 0 Å². The Hall–Kier alpha value is -0.160. The molecule has 0 aromatic carbocycles. The number of nitrogens with one attached hydrogen (secondary N) is 2. The summed E-state index contributed by atoms with van der Waals surface area (Å²) in [6.07, 6.45) is 19.5. The van der Waals surface area contributed by atoms with Crippen LogP contribution in [-0.2, 0) is 0 Å². The molecule has 32 heavy (non-hydrogen) atoms. The predicted molar refractivity (Wildman–Crippen MR) is 142 cm³/mol. The van der Waals surface area contributed by atoms with Crippen LogP contribution in [0.5, 0.6) is 0 Å². The molecule has 0 amide bonds. The fourth-order valence-electron chi connectivity index (χ4n) is 7.05. The van der Waals surface area contributed by atoms with Crippen molar-refractivity contribution in [3.63, 3.8) is 0 Å². The SMILES string of the molecule is CCN(CC)C1(CCNCCCCNCCC2(N(CC)CC)CCCCC2)CCCCC1. The lowest BCUT2D eigenvalue weighted by molar-refractivity contribution is 0.0511. The molecule has 2 fully saturated rings. The molecule has 2 N–H and O–H groups in total. The van der Waals surface area contributed by atoms with Crippen LogP contribution in [0, 0.1) is 0 Å². The zero-order valence-electron chi connectivity index (χ0n) is 22.5. The van der Waals surface area contributed by atoms with Crippen molar-refractivity contribution in [1.82, 2.24) is 20.4 Å². The van der Waals surface area contributed by atoms with E-state index in [-0.39, 0.29) is 0 Å². The molecule has 0 unspecified atom stereocenters.